The second kappa shape index (κ2) is 7.50. The number of nitriles is 1. The van der Waals surface area contributed by atoms with Crippen molar-refractivity contribution < 1.29 is 18.3 Å². The Morgan fingerprint density at radius 1 is 1.17 bits per heavy atom. The van der Waals surface area contributed by atoms with E-state index in [0.29, 0.717) is 11.1 Å². The zero-order valence-electron chi connectivity index (χ0n) is 16.3. The lowest BCUT2D eigenvalue weighted by Gasteiger charge is -2.31. The van der Waals surface area contributed by atoms with Gasteiger partial charge in [0.2, 0.25) is 5.60 Å². The minimum absolute atomic E-state index is 0.165. The summed E-state index contributed by atoms with van der Waals surface area (Å²) in [6, 6.07) is 13.9. The molecule has 1 unspecified atom stereocenters. The summed E-state index contributed by atoms with van der Waals surface area (Å²) in [6.07, 6.45) is -4.93. The van der Waals surface area contributed by atoms with E-state index in [1.165, 1.54) is 41.9 Å². The molecular weight excluding hydrogens is 381 g/mol. The Bertz CT molecular complexity index is 1080. The number of benzene rings is 2. The molecular formula is C21H21F3N4O. The highest BCUT2D eigenvalue weighted by Crippen LogP contribution is 2.41. The maximum absolute atomic E-state index is 13.9. The SMILES string of the molecule is Cc1cccc(Cn2nc(C(O)(CN(C)C)C(F)(F)F)c3ccc(C#N)cc32)c1. The molecule has 0 amide bonds. The minimum atomic E-state index is -4.93. The minimum Gasteiger partial charge on any atom is -0.374 e. The van der Waals surface area contributed by atoms with Gasteiger partial charge >= 0.3 is 6.18 Å². The molecule has 8 heteroatoms. The van der Waals surface area contributed by atoms with E-state index in [1.54, 1.807) is 0 Å². The fourth-order valence-electron chi connectivity index (χ4n) is 3.41. The van der Waals surface area contributed by atoms with Crippen molar-refractivity contribution in [3.63, 3.8) is 0 Å². The summed E-state index contributed by atoms with van der Waals surface area (Å²) in [5.41, 5.74) is -1.09. The van der Waals surface area contributed by atoms with Gasteiger partial charge in [0.1, 0.15) is 5.69 Å². The van der Waals surface area contributed by atoms with Crippen LogP contribution >= 0.6 is 0 Å². The average Bonchev–Trinajstić information content (AvgIpc) is 2.98. The summed E-state index contributed by atoms with van der Waals surface area (Å²) in [6.45, 7) is 1.46. The first-order valence-electron chi connectivity index (χ1n) is 8.95. The first kappa shape index (κ1) is 20.8. The van der Waals surface area contributed by atoms with E-state index in [1.807, 2.05) is 37.3 Å². The third kappa shape index (κ3) is 3.97. The molecule has 1 atom stereocenters. The first-order chi connectivity index (χ1) is 13.5. The average molecular weight is 402 g/mol. The molecule has 0 fully saturated rings. The molecule has 0 saturated carbocycles. The molecule has 152 valence electrons. The Morgan fingerprint density at radius 3 is 2.48 bits per heavy atom. The van der Waals surface area contributed by atoms with Crippen LogP contribution in [-0.4, -0.2) is 46.6 Å². The molecule has 2 aromatic carbocycles. The molecule has 5 nitrogen and oxygen atoms in total. The van der Waals surface area contributed by atoms with Crippen molar-refractivity contribution in [2.45, 2.75) is 25.2 Å². The van der Waals surface area contributed by atoms with Crippen LogP contribution in [0.15, 0.2) is 42.5 Å². The summed E-state index contributed by atoms with van der Waals surface area (Å²) >= 11 is 0. The van der Waals surface area contributed by atoms with Gasteiger partial charge in [-0.1, -0.05) is 29.8 Å². The monoisotopic (exact) mass is 402 g/mol. The number of aromatic nitrogens is 2. The van der Waals surface area contributed by atoms with E-state index in [2.05, 4.69) is 5.10 Å². The number of rotatable bonds is 5. The van der Waals surface area contributed by atoms with Gasteiger partial charge in [-0.2, -0.15) is 23.5 Å². The topological polar surface area (TPSA) is 65.1 Å². The molecule has 3 aromatic rings. The van der Waals surface area contributed by atoms with Crippen molar-refractivity contribution in [3.05, 3.63) is 64.8 Å². The van der Waals surface area contributed by atoms with Crippen LogP contribution in [0.2, 0.25) is 0 Å². The van der Waals surface area contributed by atoms with E-state index in [4.69, 9.17) is 0 Å². The largest absolute Gasteiger partial charge is 0.424 e. The van der Waals surface area contributed by atoms with Crippen molar-refractivity contribution >= 4 is 10.9 Å². The maximum atomic E-state index is 13.9. The molecule has 0 spiro atoms. The Balaban J connectivity index is 2.24. The Morgan fingerprint density at radius 2 is 1.90 bits per heavy atom. The molecule has 3 rings (SSSR count). The highest BCUT2D eigenvalue weighted by Gasteiger charge is 2.57. The van der Waals surface area contributed by atoms with Gasteiger partial charge in [-0.25, -0.2) is 0 Å². The highest BCUT2D eigenvalue weighted by molar-refractivity contribution is 5.84. The van der Waals surface area contributed by atoms with Crippen molar-refractivity contribution in [2.24, 2.45) is 0 Å². The molecule has 1 aromatic heterocycles. The summed E-state index contributed by atoms with van der Waals surface area (Å²) in [5.74, 6) is 0. The summed E-state index contributed by atoms with van der Waals surface area (Å²) < 4.78 is 43.2. The lowest BCUT2D eigenvalue weighted by Crippen LogP contribution is -2.50. The fourth-order valence-corrected chi connectivity index (χ4v) is 3.41. The second-order valence-corrected chi connectivity index (χ2v) is 7.43. The fraction of sp³-hybridized carbons (Fsp3) is 0.333. The number of hydrogen-bond acceptors (Lipinski definition) is 4. The standard InChI is InChI=1S/C21H21F3N4O/c1-14-5-4-6-16(9-14)12-28-18-10-15(11-25)7-8-17(18)19(26-28)20(29,13-27(2)3)21(22,23)24/h4-10,29H,12-13H2,1-3H3. The van der Waals surface area contributed by atoms with Crippen molar-refractivity contribution in [3.8, 4) is 6.07 Å². The van der Waals surface area contributed by atoms with E-state index in [-0.39, 0.29) is 11.9 Å². The Hall–Kier alpha value is -2.89. The number of hydrogen-bond donors (Lipinski definition) is 1. The number of aliphatic hydroxyl groups is 1. The number of aryl methyl sites for hydroxylation is 1. The zero-order valence-corrected chi connectivity index (χ0v) is 16.3. The van der Waals surface area contributed by atoms with Gasteiger partial charge in [-0.3, -0.25) is 4.68 Å². The Labute approximate surface area is 166 Å². The molecule has 0 aliphatic carbocycles. The smallest absolute Gasteiger partial charge is 0.374 e. The predicted molar refractivity (Wildman–Crippen MR) is 103 cm³/mol. The van der Waals surface area contributed by atoms with Crippen LogP contribution in [0, 0.1) is 18.3 Å². The van der Waals surface area contributed by atoms with Crippen LogP contribution in [0.3, 0.4) is 0 Å². The van der Waals surface area contributed by atoms with E-state index < -0.39 is 24.0 Å². The number of nitrogens with zero attached hydrogens (tertiary/aromatic N) is 4. The van der Waals surface area contributed by atoms with Crippen LogP contribution in [-0.2, 0) is 12.1 Å². The lowest BCUT2D eigenvalue weighted by atomic mass is 9.95. The van der Waals surface area contributed by atoms with Crippen LogP contribution < -0.4 is 0 Å². The number of alkyl halides is 3. The molecule has 0 bridgehead atoms. The molecule has 1 N–H and O–H groups in total. The van der Waals surface area contributed by atoms with Gasteiger partial charge < -0.3 is 10.0 Å². The molecule has 0 aliphatic rings. The normalized spacial score (nSPS) is 14.2. The Kier molecular flexibility index (Phi) is 5.39. The number of likely N-dealkylation sites (N-methyl/N-ethyl adjacent to an activating group) is 1. The van der Waals surface area contributed by atoms with Crippen LogP contribution in [0.5, 0.6) is 0 Å². The maximum Gasteiger partial charge on any atom is 0.424 e. The summed E-state index contributed by atoms with van der Waals surface area (Å²) in [4.78, 5) is 1.27. The molecule has 0 radical (unpaired) electrons. The lowest BCUT2D eigenvalue weighted by molar-refractivity contribution is -0.271. The number of fused-ring (bicyclic) bond motifs is 1. The third-order valence-electron chi connectivity index (χ3n) is 4.70. The highest BCUT2D eigenvalue weighted by atomic mass is 19.4. The van der Waals surface area contributed by atoms with E-state index in [0.717, 1.165) is 11.1 Å². The summed E-state index contributed by atoms with van der Waals surface area (Å²) in [5, 5.41) is 24.3. The van der Waals surface area contributed by atoms with Crippen LogP contribution in [0.1, 0.15) is 22.4 Å². The molecule has 0 saturated heterocycles. The van der Waals surface area contributed by atoms with Crippen LogP contribution in [0.25, 0.3) is 10.9 Å². The van der Waals surface area contributed by atoms with Crippen molar-refractivity contribution in [1.29, 1.82) is 5.26 Å². The van der Waals surface area contributed by atoms with E-state index >= 15 is 0 Å². The quantitative estimate of drug-likeness (QED) is 0.709. The van der Waals surface area contributed by atoms with E-state index in [9.17, 15) is 23.5 Å². The number of halogens is 3. The van der Waals surface area contributed by atoms with Crippen molar-refractivity contribution in [2.75, 3.05) is 20.6 Å². The van der Waals surface area contributed by atoms with Crippen molar-refractivity contribution in [1.82, 2.24) is 14.7 Å². The van der Waals surface area contributed by atoms with Gasteiger partial charge in [0.15, 0.2) is 0 Å². The van der Waals surface area contributed by atoms with Crippen LogP contribution in [0.4, 0.5) is 13.2 Å². The predicted octanol–water partition coefficient (Wildman–Crippen LogP) is 3.58. The second-order valence-electron chi connectivity index (χ2n) is 7.43. The summed E-state index contributed by atoms with van der Waals surface area (Å²) in [7, 11) is 2.91. The van der Waals surface area contributed by atoms with Gasteiger partial charge in [-0.15, -0.1) is 0 Å². The molecule has 0 aliphatic heterocycles. The molecule has 29 heavy (non-hydrogen) atoms. The third-order valence-corrected chi connectivity index (χ3v) is 4.70. The van der Waals surface area contributed by atoms with Gasteiger partial charge in [-0.05, 0) is 44.8 Å². The van der Waals surface area contributed by atoms with Gasteiger partial charge in [0.05, 0.1) is 23.7 Å². The zero-order chi connectivity index (χ0) is 21.4. The first-order valence-corrected chi connectivity index (χ1v) is 8.95. The molecule has 1 heterocycles. The van der Waals surface area contributed by atoms with Gasteiger partial charge in [0, 0.05) is 11.9 Å². The van der Waals surface area contributed by atoms with Gasteiger partial charge in [0.25, 0.3) is 0 Å².